The predicted molar refractivity (Wildman–Crippen MR) is 42.8 cm³/mol. The second-order valence-electron chi connectivity index (χ2n) is 3.51. The van der Waals surface area contributed by atoms with Crippen LogP contribution in [0.4, 0.5) is 0 Å². The lowest BCUT2D eigenvalue weighted by molar-refractivity contribution is -0.122. The zero-order valence-corrected chi connectivity index (χ0v) is 7.24. The highest BCUT2D eigenvalue weighted by Crippen LogP contribution is 2.43. The lowest BCUT2D eigenvalue weighted by atomic mass is 10.1. The molecule has 2 aliphatic rings. The van der Waals surface area contributed by atoms with Crippen molar-refractivity contribution < 1.29 is 14.3 Å². The van der Waals surface area contributed by atoms with Gasteiger partial charge in [0.05, 0.1) is 12.7 Å². The van der Waals surface area contributed by atoms with Crippen LogP contribution in [0.15, 0.2) is 12.2 Å². The molecule has 12 heavy (non-hydrogen) atoms. The summed E-state index contributed by atoms with van der Waals surface area (Å²) in [5, 5.41) is 0. The number of carbonyl (C=O) groups is 1. The highest BCUT2D eigenvalue weighted by molar-refractivity contribution is 6.03. The highest BCUT2D eigenvalue weighted by atomic mass is 16.6. The van der Waals surface area contributed by atoms with Crippen molar-refractivity contribution in [3.63, 3.8) is 0 Å². The molecule has 1 saturated heterocycles. The van der Waals surface area contributed by atoms with Crippen LogP contribution in [0, 0.1) is 0 Å². The molecule has 66 valence electrons. The number of fused-ring (bicyclic) bond motifs is 1. The van der Waals surface area contributed by atoms with E-state index < -0.39 is 5.60 Å². The first-order valence-electron chi connectivity index (χ1n) is 4.17. The van der Waals surface area contributed by atoms with Gasteiger partial charge in [-0.05, 0) is 26.0 Å². The normalized spacial score (nSPS) is 37.6. The summed E-state index contributed by atoms with van der Waals surface area (Å²) in [6.45, 7) is 4.28. The molecule has 3 heteroatoms. The van der Waals surface area contributed by atoms with Gasteiger partial charge in [-0.1, -0.05) is 0 Å². The molecule has 3 nitrogen and oxygen atoms in total. The predicted octanol–water partition coefficient (Wildman–Crippen LogP) is 0.688. The van der Waals surface area contributed by atoms with Gasteiger partial charge in [0.15, 0.2) is 11.4 Å². The molecule has 2 atom stereocenters. The molecule has 1 heterocycles. The third-order valence-electron chi connectivity index (χ3n) is 2.21. The first-order chi connectivity index (χ1) is 5.65. The van der Waals surface area contributed by atoms with Crippen molar-refractivity contribution >= 4 is 5.78 Å². The van der Waals surface area contributed by atoms with Crippen LogP contribution in [0.25, 0.3) is 0 Å². The Labute approximate surface area is 71.3 Å². The van der Waals surface area contributed by atoms with Gasteiger partial charge in [0.1, 0.15) is 6.10 Å². The molecule has 0 unspecified atom stereocenters. The van der Waals surface area contributed by atoms with E-state index in [1.807, 2.05) is 13.8 Å². The summed E-state index contributed by atoms with van der Waals surface area (Å²) < 4.78 is 10.6. The van der Waals surface area contributed by atoms with Gasteiger partial charge >= 0.3 is 0 Å². The molecule has 0 radical (unpaired) electrons. The van der Waals surface area contributed by atoms with Gasteiger partial charge in [0, 0.05) is 0 Å². The number of hydrogen-bond donors (Lipinski definition) is 0. The first-order valence-corrected chi connectivity index (χ1v) is 4.17. The molecule has 0 aromatic rings. The van der Waals surface area contributed by atoms with Crippen LogP contribution in [0.5, 0.6) is 0 Å². The minimum Gasteiger partial charge on any atom is -0.375 e. The van der Waals surface area contributed by atoms with Crippen LogP contribution >= 0.6 is 0 Å². The van der Waals surface area contributed by atoms with Crippen LogP contribution in [0.2, 0.25) is 0 Å². The van der Waals surface area contributed by atoms with E-state index in [1.165, 1.54) is 0 Å². The van der Waals surface area contributed by atoms with Crippen molar-refractivity contribution in [2.45, 2.75) is 31.7 Å². The number of hydrogen-bond acceptors (Lipinski definition) is 3. The van der Waals surface area contributed by atoms with E-state index in [-0.39, 0.29) is 18.0 Å². The summed E-state index contributed by atoms with van der Waals surface area (Å²) in [5.74, 6) is 0.0492. The average Bonchev–Trinajstić information content (AvgIpc) is 2.65. The second kappa shape index (κ2) is 2.41. The Kier molecular flexibility index (Phi) is 1.59. The molecular weight excluding hydrogens is 156 g/mol. The van der Waals surface area contributed by atoms with E-state index in [9.17, 15) is 4.79 Å². The molecule has 0 saturated carbocycles. The summed E-state index contributed by atoms with van der Waals surface area (Å²) in [6.07, 6.45) is 3.52. The molecule has 0 spiro atoms. The van der Waals surface area contributed by atoms with Gasteiger partial charge < -0.3 is 9.47 Å². The monoisotopic (exact) mass is 168 g/mol. The van der Waals surface area contributed by atoms with Gasteiger partial charge in [-0.3, -0.25) is 4.79 Å². The first kappa shape index (κ1) is 7.95. The van der Waals surface area contributed by atoms with Crippen molar-refractivity contribution in [3.8, 4) is 0 Å². The summed E-state index contributed by atoms with van der Waals surface area (Å²) in [5.41, 5.74) is -0.621. The Morgan fingerprint density at radius 3 is 2.92 bits per heavy atom. The maximum atomic E-state index is 11.3. The molecule has 1 aliphatic heterocycles. The van der Waals surface area contributed by atoms with Crippen LogP contribution in [0.1, 0.15) is 13.8 Å². The standard InChI is InChI=1S/C9H12O3/c1-6(2)11-5-9-7(10)3-4-8(9)12-9/h3-4,6,8H,5H2,1-2H3/t8-,9+/m1/s1. The van der Waals surface area contributed by atoms with Crippen LogP contribution in [-0.4, -0.2) is 30.2 Å². The highest BCUT2D eigenvalue weighted by Gasteiger charge is 2.63. The molecule has 0 aromatic heterocycles. The fraction of sp³-hybridized carbons (Fsp3) is 0.667. The van der Waals surface area contributed by atoms with Gasteiger partial charge in [-0.25, -0.2) is 0 Å². The van der Waals surface area contributed by atoms with Crippen molar-refractivity contribution in [2.24, 2.45) is 0 Å². The van der Waals surface area contributed by atoms with E-state index in [0.29, 0.717) is 6.61 Å². The lowest BCUT2D eigenvalue weighted by Gasteiger charge is -2.10. The van der Waals surface area contributed by atoms with Crippen molar-refractivity contribution in [1.29, 1.82) is 0 Å². The second-order valence-corrected chi connectivity index (χ2v) is 3.51. The summed E-state index contributed by atoms with van der Waals surface area (Å²) in [4.78, 5) is 11.3. The Hall–Kier alpha value is -0.670. The summed E-state index contributed by atoms with van der Waals surface area (Å²) in [6, 6.07) is 0. The minimum absolute atomic E-state index is 0.0104. The van der Waals surface area contributed by atoms with E-state index in [1.54, 1.807) is 12.2 Å². The average molecular weight is 168 g/mol. The van der Waals surface area contributed by atoms with Gasteiger partial charge in [-0.15, -0.1) is 0 Å². The summed E-state index contributed by atoms with van der Waals surface area (Å²) >= 11 is 0. The quantitative estimate of drug-likeness (QED) is 0.582. The van der Waals surface area contributed by atoms with E-state index >= 15 is 0 Å². The SMILES string of the molecule is CC(C)OC[C@@]12O[C@@H]1C=CC2=O. The number of ketones is 1. The largest absolute Gasteiger partial charge is 0.375 e. The number of carbonyl (C=O) groups excluding carboxylic acids is 1. The Morgan fingerprint density at radius 1 is 1.75 bits per heavy atom. The molecule has 0 amide bonds. The fourth-order valence-electron chi connectivity index (χ4n) is 1.38. The van der Waals surface area contributed by atoms with E-state index in [4.69, 9.17) is 9.47 Å². The Balaban J connectivity index is 1.94. The van der Waals surface area contributed by atoms with E-state index in [2.05, 4.69) is 0 Å². The minimum atomic E-state index is -0.621. The summed E-state index contributed by atoms with van der Waals surface area (Å²) in [7, 11) is 0. The van der Waals surface area contributed by atoms with Crippen LogP contribution in [-0.2, 0) is 14.3 Å². The van der Waals surface area contributed by atoms with Gasteiger partial charge in [0.2, 0.25) is 0 Å². The van der Waals surface area contributed by atoms with Crippen molar-refractivity contribution in [3.05, 3.63) is 12.2 Å². The smallest absolute Gasteiger partial charge is 0.192 e. The van der Waals surface area contributed by atoms with Crippen molar-refractivity contribution in [2.75, 3.05) is 6.61 Å². The molecule has 0 aromatic carbocycles. The van der Waals surface area contributed by atoms with Crippen LogP contribution < -0.4 is 0 Å². The number of rotatable bonds is 3. The Bertz CT molecular complexity index is 244. The number of epoxide rings is 1. The lowest BCUT2D eigenvalue weighted by Crippen LogP contribution is -2.29. The van der Waals surface area contributed by atoms with Crippen LogP contribution in [0.3, 0.4) is 0 Å². The topological polar surface area (TPSA) is 38.8 Å². The Morgan fingerprint density at radius 2 is 2.50 bits per heavy atom. The van der Waals surface area contributed by atoms with Crippen molar-refractivity contribution in [1.82, 2.24) is 0 Å². The van der Waals surface area contributed by atoms with Gasteiger partial charge in [-0.2, -0.15) is 0 Å². The molecule has 0 N–H and O–H groups in total. The zero-order chi connectivity index (χ0) is 8.77. The molecular formula is C9H12O3. The molecule has 0 bridgehead atoms. The maximum absolute atomic E-state index is 11.3. The fourth-order valence-corrected chi connectivity index (χ4v) is 1.38. The zero-order valence-electron chi connectivity index (χ0n) is 7.24. The molecule has 1 aliphatic carbocycles. The number of ether oxygens (including phenoxy) is 2. The third-order valence-corrected chi connectivity index (χ3v) is 2.21. The maximum Gasteiger partial charge on any atom is 0.192 e. The molecule has 1 fully saturated rings. The van der Waals surface area contributed by atoms with Gasteiger partial charge in [0.25, 0.3) is 0 Å². The van der Waals surface area contributed by atoms with E-state index in [0.717, 1.165) is 0 Å². The third kappa shape index (κ3) is 1.01. The molecule has 2 rings (SSSR count).